The third-order valence-electron chi connectivity index (χ3n) is 4.59. The topological polar surface area (TPSA) is 110 Å². The van der Waals surface area contributed by atoms with Crippen molar-refractivity contribution in [1.29, 1.82) is 0 Å². The average molecular weight is 315 g/mol. The van der Waals surface area contributed by atoms with Crippen LogP contribution in [0.15, 0.2) is 24.3 Å². The number of primary amides is 1. The van der Waals surface area contributed by atoms with E-state index in [9.17, 15) is 19.2 Å². The fraction of sp³-hybridized carbons (Fsp3) is 0.375. The Kier molecular flexibility index (Phi) is 3.63. The van der Waals surface area contributed by atoms with Crippen LogP contribution in [0.5, 0.6) is 0 Å². The van der Waals surface area contributed by atoms with Crippen LogP contribution in [0.2, 0.25) is 0 Å². The normalized spacial score (nSPS) is 22.5. The molecule has 0 radical (unpaired) electrons. The van der Waals surface area contributed by atoms with E-state index in [4.69, 9.17) is 5.73 Å². The Morgan fingerprint density at radius 2 is 2.00 bits per heavy atom. The molecule has 5 amide bonds. The van der Waals surface area contributed by atoms with Gasteiger partial charge in [0.1, 0.15) is 0 Å². The smallest absolute Gasteiger partial charge is 0.318 e. The van der Waals surface area contributed by atoms with Crippen molar-refractivity contribution in [3.63, 3.8) is 0 Å². The van der Waals surface area contributed by atoms with Crippen LogP contribution >= 0.6 is 0 Å². The van der Waals surface area contributed by atoms with Crippen LogP contribution in [0.3, 0.4) is 0 Å². The van der Waals surface area contributed by atoms with Crippen LogP contribution in [0.1, 0.15) is 30.4 Å². The molecule has 1 spiro atoms. The fourth-order valence-corrected chi connectivity index (χ4v) is 3.53. The summed E-state index contributed by atoms with van der Waals surface area (Å²) in [5.41, 5.74) is 6.09. The number of likely N-dealkylation sites (tertiary alicyclic amines) is 1. The molecule has 1 atom stereocenters. The first-order valence-corrected chi connectivity index (χ1v) is 7.46. The number of hydrogen-bond donors (Lipinski definition) is 2. The van der Waals surface area contributed by atoms with Crippen molar-refractivity contribution in [2.45, 2.75) is 31.1 Å². The van der Waals surface area contributed by atoms with Gasteiger partial charge in [0.15, 0.2) is 0 Å². The molecule has 0 bridgehead atoms. The molecule has 7 nitrogen and oxygen atoms in total. The van der Waals surface area contributed by atoms with Gasteiger partial charge in [0, 0.05) is 19.4 Å². The van der Waals surface area contributed by atoms with E-state index in [-0.39, 0.29) is 31.2 Å². The molecule has 23 heavy (non-hydrogen) atoms. The van der Waals surface area contributed by atoms with Crippen LogP contribution in [0, 0.1) is 0 Å². The lowest BCUT2D eigenvalue weighted by molar-refractivity contribution is -0.140. The summed E-state index contributed by atoms with van der Waals surface area (Å²) in [6.07, 6.45) is 1.38. The van der Waals surface area contributed by atoms with Crippen molar-refractivity contribution in [2.24, 2.45) is 5.73 Å². The summed E-state index contributed by atoms with van der Waals surface area (Å²) >= 11 is 0. The number of carbonyl (C=O) groups excluding carboxylic acids is 4. The molecule has 1 aliphatic carbocycles. The minimum Gasteiger partial charge on any atom is -0.351 e. The van der Waals surface area contributed by atoms with Gasteiger partial charge < -0.3 is 5.73 Å². The summed E-state index contributed by atoms with van der Waals surface area (Å²) in [6, 6.07) is 6.72. The largest absolute Gasteiger partial charge is 0.351 e. The van der Waals surface area contributed by atoms with Gasteiger partial charge in [0.25, 0.3) is 0 Å². The van der Waals surface area contributed by atoms with Crippen LogP contribution in [0.25, 0.3) is 0 Å². The summed E-state index contributed by atoms with van der Waals surface area (Å²) in [5, 5.41) is 1.92. The van der Waals surface area contributed by atoms with E-state index in [1.54, 1.807) is 0 Å². The van der Waals surface area contributed by atoms with Gasteiger partial charge in [-0.25, -0.2) is 4.79 Å². The lowest BCUT2D eigenvalue weighted by Gasteiger charge is -2.22. The number of amides is 5. The second-order valence-corrected chi connectivity index (χ2v) is 5.93. The number of rotatable bonds is 3. The molecule has 0 saturated carbocycles. The molecule has 1 unspecified atom stereocenters. The first kappa shape index (κ1) is 15.2. The minimum atomic E-state index is -0.949. The number of nitrogens with zero attached hydrogens (tertiary/aromatic N) is 1. The van der Waals surface area contributed by atoms with Gasteiger partial charge in [-0.3, -0.25) is 24.6 Å². The number of nitrogens with one attached hydrogen (secondary N) is 1. The van der Waals surface area contributed by atoms with E-state index in [2.05, 4.69) is 0 Å². The number of imide groups is 2. The summed E-state index contributed by atoms with van der Waals surface area (Å²) in [7, 11) is 0. The first-order valence-electron chi connectivity index (χ1n) is 7.46. The van der Waals surface area contributed by atoms with Crippen LogP contribution in [-0.2, 0) is 26.2 Å². The zero-order valence-electron chi connectivity index (χ0n) is 12.5. The highest BCUT2D eigenvalue weighted by atomic mass is 16.2. The Morgan fingerprint density at radius 1 is 1.26 bits per heavy atom. The minimum absolute atomic E-state index is 0.0410. The van der Waals surface area contributed by atoms with Gasteiger partial charge in [-0.15, -0.1) is 0 Å². The molecule has 1 heterocycles. The molecule has 1 aliphatic heterocycles. The van der Waals surface area contributed by atoms with Crippen molar-refractivity contribution in [3.8, 4) is 0 Å². The molecular weight excluding hydrogens is 298 g/mol. The van der Waals surface area contributed by atoms with Gasteiger partial charge in [-0.05, 0) is 24.0 Å². The molecule has 1 fully saturated rings. The number of benzene rings is 1. The zero-order chi connectivity index (χ0) is 16.6. The number of aryl methyl sites for hydroxylation is 1. The number of nitrogens with two attached hydrogens (primary N) is 1. The highest BCUT2D eigenvalue weighted by molar-refractivity contribution is 6.10. The fourth-order valence-electron chi connectivity index (χ4n) is 3.53. The Hall–Kier alpha value is -2.70. The average Bonchev–Trinajstić information content (AvgIpc) is 2.97. The SMILES string of the molecule is NC(=O)NC(=O)CCN1C(=O)CC2(CCc3ccccc32)C1=O. The first-order chi connectivity index (χ1) is 10.9. The summed E-state index contributed by atoms with van der Waals surface area (Å²) in [4.78, 5) is 48.3. The molecular formula is C16H17N3O4. The highest BCUT2D eigenvalue weighted by Crippen LogP contribution is 2.46. The summed E-state index contributed by atoms with van der Waals surface area (Å²) < 4.78 is 0. The Balaban J connectivity index is 1.77. The van der Waals surface area contributed by atoms with E-state index in [1.807, 2.05) is 29.6 Å². The molecule has 3 rings (SSSR count). The number of urea groups is 1. The molecule has 2 aliphatic rings. The van der Waals surface area contributed by atoms with Crippen molar-refractivity contribution >= 4 is 23.8 Å². The standard InChI is InChI=1S/C16H17N3O4/c17-15(23)18-12(20)6-8-19-13(21)9-16(14(19)22)7-5-10-3-1-2-4-11(10)16/h1-4H,5-9H2,(H3,17,18,20,23). The maximum Gasteiger partial charge on any atom is 0.318 e. The third-order valence-corrected chi connectivity index (χ3v) is 4.59. The van der Waals surface area contributed by atoms with Crippen molar-refractivity contribution in [1.82, 2.24) is 10.2 Å². The van der Waals surface area contributed by atoms with E-state index in [0.29, 0.717) is 6.42 Å². The third kappa shape index (κ3) is 2.48. The Labute approximate surface area is 132 Å². The quantitative estimate of drug-likeness (QED) is 0.777. The molecule has 1 saturated heterocycles. The van der Waals surface area contributed by atoms with Crippen LogP contribution in [-0.4, -0.2) is 35.2 Å². The van der Waals surface area contributed by atoms with E-state index in [0.717, 1.165) is 22.4 Å². The molecule has 120 valence electrons. The number of carbonyl (C=O) groups is 4. The monoisotopic (exact) mass is 315 g/mol. The molecule has 3 N–H and O–H groups in total. The van der Waals surface area contributed by atoms with Gasteiger partial charge in [0.05, 0.1) is 5.41 Å². The lowest BCUT2D eigenvalue weighted by atomic mass is 9.80. The van der Waals surface area contributed by atoms with Crippen LogP contribution in [0.4, 0.5) is 4.79 Å². The molecule has 7 heteroatoms. The lowest BCUT2D eigenvalue weighted by Crippen LogP contribution is -2.41. The molecule has 1 aromatic rings. The number of hydrogen-bond acceptors (Lipinski definition) is 4. The van der Waals surface area contributed by atoms with E-state index in [1.165, 1.54) is 0 Å². The number of fused-ring (bicyclic) bond motifs is 2. The summed E-state index contributed by atoms with van der Waals surface area (Å²) in [6.45, 7) is -0.0410. The highest BCUT2D eigenvalue weighted by Gasteiger charge is 2.55. The second kappa shape index (κ2) is 5.49. The Bertz CT molecular complexity index is 715. The molecule has 0 aromatic heterocycles. The maximum atomic E-state index is 12.8. The second-order valence-electron chi connectivity index (χ2n) is 5.93. The predicted molar refractivity (Wildman–Crippen MR) is 80.1 cm³/mol. The maximum absolute atomic E-state index is 12.8. The van der Waals surface area contributed by atoms with Crippen LogP contribution < -0.4 is 11.1 Å². The Morgan fingerprint density at radius 3 is 2.74 bits per heavy atom. The van der Waals surface area contributed by atoms with Gasteiger partial charge in [-0.2, -0.15) is 0 Å². The van der Waals surface area contributed by atoms with Gasteiger partial charge in [0.2, 0.25) is 17.7 Å². The zero-order valence-corrected chi connectivity index (χ0v) is 12.5. The van der Waals surface area contributed by atoms with E-state index < -0.39 is 17.4 Å². The van der Waals surface area contributed by atoms with Crippen molar-refractivity contribution in [3.05, 3.63) is 35.4 Å². The van der Waals surface area contributed by atoms with E-state index >= 15 is 0 Å². The van der Waals surface area contributed by atoms with Gasteiger partial charge in [-0.1, -0.05) is 24.3 Å². The summed E-state index contributed by atoms with van der Waals surface area (Å²) in [5.74, 6) is -1.14. The van der Waals surface area contributed by atoms with Crippen molar-refractivity contribution < 1.29 is 19.2 Å². The predicted octanol–water partition coefficient (Wildman–Crippen LogP) is 0.215. The van der Waals surface area contributed by atoms with Crippen molar-refractivity contribution in [2.75, 3.05) is 6.54 Å². The molecule has 1 aromatic carbocycles. The van der Waals surface area contributed by atoms with Gasteiger partial charge >= 0.3 is 6.03 Å².